The second-order valence-electron chi connectivity index (χ2n) is 17.9. The molecule has 0 aliphatic carbocycles. The van der Waals surface area contributed by atoms with Crippen molar-refractivity contribution in [2.24, 2.45) is 0 Å². The van der Waals surface area contributed by atoms with E-state index >= 15 is 0 Å². The Labute approximate surface area is 380 Å². The van der Waals surface area contributed by atoms with Gasteiger partial charge in [-0.1, -0.05) is 217 Å². The first-order chi connectivity index (χ1) is 30.4. The Morgan fingerprint density at radius 1 is 0.532 bits per heavy atom. The molecule has 1 aliphatic heterocycles. The van der Waals surface area contributed by atoms with E-state index in [-0.39, 0.29) is 19.2 Å². The maximum absolute atomic E-state index is 12.8. The van der Waals surface area contributed by atoms with Gasteiger partial charge >= 0.3 is 5.97 Å². The molecule has 1 heterocycles. The molecule has 0 aromatic heterocycles. The van der Waals surface area contributed by atoms with Gasteiger partial charge in [-0.3, -0.25) is 4.79 Å². The summed E-state index contributed by atoms with van der Waals surface area (Å²) in [5.41, 5.74) is 0. The third kappa shape index (κ3) is 34.8. The summed E-state index contributed by atoms with van der Waals surface area (Å²) in [4.78, 5) is 12.8. The average Bonchev–Trinajstić information content (AvgIpc) is 3.27. The molecule has 0 radical (unpaired) electrons. The highest BCUT2D eigenvalue weighted by Gasteiger charge is 2.44. The minimum Gasteiger partial charge on any atom is -0.457 e. The summed E-state index contributed by atoms with van der Waals surface area (Å²) in [5.74, 6) is -0.327. The topological polar surface area (TPSA) is 135 Å². The number of aliphatic hydroxyl groups excluding tert-OH is 4. The van der Waals surface area contributed by atoms with Gasteiger partial charge in [-0.25, -0.2) is 0 Å². The van der Waals surface area contributed by atoms with Crippen molar-refractivity contribution in [2.75, 3.05) is 26.4 Å². The molecule has 6 unspecified atom stereocenters. The predicted molar refractivity (Wildman–Crippen MR) is 256 cm³/mol. The minimum atomic E-state index is -1.54. The summed E-state index contributed by atoms with van der Waals surface area (Å²) in [6, 6.07) is 0. The Morgan fingerprint density at radius 3 is 1.48 bits per heavy atom. The van der Waals surface area contributed by atoms with Crippen LogP contribution in [0.5, 0.6) is 0 Å². The Bertz CT molecular complexity index is 1050. The SMILES string of the molecule is CC/C=C\C/C=C\C/C=C\CCCCCCCC(=O)OC(COCCCCCCCCCCCCCCCCCCCCCCCCCC)COC1OC(CO)C(O)C(O)C1O. The van der Waals surface area contributed by atoms with E-state index in [9.17, 15) is 25.2 Å². The van der Waals surface area contributed by atoms with Crippen molar-refractivity contribution in [3.8, 4) is 0 Å². The molecule has 0 spiro atoms. The molecule has 364 valence electrons. The lowest BCUT2D eigenvalue weighted by molar-refractivity contribution is -0.305. The molecule has 4 N–H and O–H groups in total. The molecule has 0 amide bonds. The van der Waals surface area contributed by atoms with Crippen molar-refractivity contribution in [3.05, 3.63) is 36.5 Å². The first-order valence-electron chi connectivity index (χ1n) is 26.1. The lowest BCUT2D eigenvalue weighted by atomic mass is 9.99. The summed E-state index contributed by atoms with van der Waals surface area (Å²) in [6.07, 6.45) is 47.6. The van der Waals surface area contributed by atoms with Crippen LogP contribution in [0.15, 0.2) is 36.5 Å². The number of rotatable bonds is 45. The highest BCUT2D eigenvalue weighted by Crippen LogP contribution is 2.23. The van der Waals surface area contributed by atoms with Gasteiger partial charge in [-0.05, 0) is 44.9 Å². The number of allylic oxidation sites excluding steroid dienone is 6. The largest absolute Gasteiger partial charge is 0.457 e. The summed E-state index contributed by atoms with van der Waals surface area (Å²) < 4.78 is 22.9. The fourth-order valence-corrected chi connectivity index (χ4v) is 8.04. The van der Waals surface area contributed by atoms with Gasteiger partial charge in [0.25, 0.3) is 0 Å². The minimum absolute atomic E-state index is 0.118. The zero-order valence-electron chi connectivity index (χ0n) is 40.1. The standard InChI is InChI=1S/C53H98O9/c1-3-5-7-9-11-13-15-17-19-20-21-22-23-24-25-26-27-29-31-33-35-37-39-41-43-59-45-47(46-60-53-52(58)51(57)50(56)48(44-54)62-53)61-49(55)42-40-38-36-34-32-30-28-18-16-14-12-10-8-6-4-2/h6,8,12,14,18,28,47-48,50-54,56-58H,3-5,7,9-11,13,15-17,19-27,29-46H2,1-2H3/b8-6-,14-12-,28-18-. The predicted octanol–water partition coefficient (Wildman–Crippen LogP) is 12.7. The quantitative estimate of drug-likeness (QED) is 0.0268. The van der Waals surface area contributed by atoms with Crippen LogP contribution in [0.2, 0.25) is 0 Å². The number of hydrogen-bond acceptors (Lipinski definition) is 9. The highest BCUT2D eigenvalue weighted by atomic mass is 16.7. The summed E-state index contributed by atoms with van der Waals surface area (Å²) >= 11 is 0. The molecule has 1 aliphatic rings. The number of ether oxygens (including phenoxy) is 4. The number of aliphatic hydroxyl groups is 4. The molecule has 0 saturated carbocycles. The van der Waals surface area contributed by atoms with Gasteiger partial charge in [0.2, 0.25) is 0 Å². The van der Waals surface area contributed by atoms with E-state index in [1.165, 1.54) is 141 Å². The van der Waals surface area contributed by atoms with Crippen molar-refractivity contribution in [3.63, 3.8) is 0 Å². The summed E-state index contributed by atoms with van der Waals surface area (Å²) in [6.45, 7) is 4.46. The van der Waals surface area contributed by atoms with Gasteiger partial charge in [0.05, 0.1) is 19.8 Å². The summed E-state index contributed by atoms with van der Waals surface area (Å²) in [7, 11) is 0. The Morgan fingerprint density at radius 2 is 0.984 bits per heavy atom. The zero-order chi connectivity index (χ0) is 45.0. The van der Waals surface area contributed by atoms with Gasteiger partial charge in [0, 0.05) is 13.0 Å². The van der Waals surface area contributed by atoms with Gasteiger partial charge in [-0.2, -0.15) is 0 Å². The smallest absolute Gasteiger partial charge is 0.306 e. The van der Waals surface area contributed by atoms with Gasteiger partial charge in [0.15, 0.2) is 6.29 Å². The maximum Gasteiger partial charge on any atom is 0.306 e. The molecule has 62 heavy (non-hydrogen) atoms. The average molecular weight is 879 g/mol. The molecule has 1 saturated heterocycles. The first kappa shape index (κ1) is 58.4. The van der Waals surface area contributed by atoms with Crippen molar-refractivity contribution in [1.29, 1.82) is 0 Å². The molecule has 0 aromatic carbocycles. The molecule has 1 fully saturated rings. The molecular weight excluding hydrogens is 781 g/mol. The summed E-state index contributed by atoms with van der Waals surface area (Å²) in [5, 5.41) is 40.2. The molecule has 0 aromatic rings. The van der Waals surface area contributed by atoms with E-state index in [0.717, 1.165) is 70.6 Å². The van der Waals surface area contributed by atoms with E-state index < -0.39 is 43.4 Å². The van der Waals surface area contributed by atoms with E-state index in [1.54, 1.807) is 0 Å². The van der Waals surface area contributed by atoms with Gasteiger partial charge in [0.1, 0.15) is 30.5 Å². The van der Waals surface area contributed by atoms with E-state index in [0.29, 0.717) is 13.0 Å². The molecule has 6 atom stereocenters. The van der Waals surface area contributed by atoms with Crippen LogP contribution in [0.25, 0.3) is 0 Å². The lowest BCUT2D eigenvalue weighted by Gasteiger charge is -2.39. The maximum atomic E-state index is 12.8. The fraction of sp³-hybridized carbons (Fsp3) is 0.868. The molecule has 9 nitrogen and oxygen atoms in total. The Balaban J connectivity index is 2.16. The molecule has 1 rings (SSSR count). The van der Waals surface area contributed by atoms with Crippen LogP contribution in [0.1, 0.15) is 232 Å². The van der Waals surface area contributed by atoms with Gasteiger partial charge < -0.3 is 39.4 Å². The molecule has 9 heteroatoms. The van der Waals surface area contributed by atoms with Crippen LogP contribution in [0.3, 0.4) is 0 Å². The zero-order valence-corrected chi connectivity index (χ0v) is 40.1. The van der Waals surface area contributed by atoms with E-state index in [4.69, 9.17) is 18.9 Å². The van der Waals surface area contributed by atoms with Crippen LogP contribution in [0.4, 0.5) is 0 Å². The Kier molecular flexibility index (Phi) is 42.0. The van der Waals surface area contributed by atoms with Crippen molar-refractivity contribution >= 4 is 5.97 Å². The number of esters is 1. The Hall–Kier alpha value is -1.59. The van der Waals surface area contributed by atoms with Crippen LogP contribution in [-0.2, 0) is 23.7 Å². The van der Waals surface area contributed by atoms with Crippen LogP contribution < -0.4 is 0 Å². The number of hydrogen-bond donors (Lipinski definition) is 4. The number of unbranched alkanes of at least 4 members (excludes halogenated alkanes) is 28. The molecule has 0 bridgehead atoms. The van der Waals surface area contributed by atoms with Crippen molar-refractivity contribution < 1.29 is 44.2 Å². The van der Waals surface area contributed by atoms with Crippen LogP contribution in [0, 0.1) is 0 Å². The van der Waals surface area contributed by atoms with Crippen molar-refractivity contribution in [1.82, 2.24) is 0 Å². The highest BCUT2D eigenvalue weighted by molar-refractivity contribution is 5.69. The van der Waals surface area contributed by atoms with Crippen molar-refractivity contribution in [2.45, 2.75) is 269 Å². The fourth-order valence-electron chi connectivity index (χ4n) is 8.04. The van der Waals surface area contributed by atoms with Crippen LogP contribution in [-0.4, -0.2) is 89.6 Å². The third-order valence-electron chi connectivity index (χ3n) is 12.1. The lowest BCUT2D eigenvalue weighted by Crippen LogP contribution is -2.59. The second-order valence-corrected chi connectivity index (χ2v) is 17.9. The monoisotopic (exact) mass is 879 g/mol. The second kappa shape index (κ2) is 44.6. The number of carbonyl (C=O) groups excluding carboxylic acids is 1. The molecular formula is C53H98O9. The number of carbonyl (C=O) groups is 1. The van der Waals surface area contributed by atoms with Crippen LogP contribution >= 0.6 is 0 Å². The third-order valence-corrected chi connectivity index (χ3v) is 12.1. The van der Waals surface area contributed by atoms with E-state index in [2.05, 4.69) is 50.3 Å². The first-order valence-corrected chi connectivity index (χ1v) is 26.1. The normalized spacial score (nSPS) is 20.0. The van der Waals surface area contributed by atoms with E-state index in [1.807, 2.05) is 0 Å². The van der Waals surface area contributed by atoms with Gasteiger partial charge in [-0.15, -0.1) is 0 Å².